The van der Waals surface area contributed by atoms with Crippen LogP contribution in [0.3, 0.4) is 0 Å². The Kier molecular flexibility index (Phi) is 5.91. The lowest BCUT2D eigenvalue weighted by molar-refractivity contribution is -0.115. The van der Waals surface area contributed by atoms with Crippen molar-refractivity contribution >= 4 is 39.3 Å². The summed E-state index contributed by atoms with van der Waals surface area (Å²) in [6.45, 7) is 1.89. The van der Waals surface area contributed by atoms with Gasteiger partial charge in [-0.15, -0.1) is 0 Å². The van der Waals surface area contributed by atoms with Crippen LogP contribution in [0.25, 0.3) is 0 Å². The van der Waals surface area contributed by atoms with Crippen molar-refractivity contribution in [1.82, 2.24) is 0 Å². The number of carbonyl (C=O) groups excluding carboxylic acids is 1. The van der Waals surface area contributed by atoms with Gasteiger partial charge in [0, 0.05) is 10.6 Å². The number of hydrogen-bond donors (Lipinski definition) is 1. The fourth-order valence-corrected chi connectivity index (χ4v) is 1.74. The van der Waals surface area contributed by atoms with E-state index < -0.39 is 5.76 Å². The maximum absolute atomic E-state index is 12.1. The zero-order valence-electron chi connectivity index (χ0n) is 9.12. The summed E-state index contributed by atoms with van der Waals surface area (Å²) in [7, 11) is 0. The van der Waals surface area contributed by atoms with Gasteiger partial charge in [0.25, 0.3) is 5.76 Å². The molecule has 0 radical (unpaired) electrons. The molecule has 1 aromatic carbocycles. The van der Waals surface area contributed by atoms with Crippen molar-refractivity contribution in [3.63, 3.8) is 0 Å². The first kappa shape index (κ1) is 14.4. The van der Waals surface area contributed by atoms with E-state index in [0.717, 1.165) is 0 Å². The third-order valence-electron chi connectivity index (χ3n) is 1.99. The van der Waals surface area contributed by atoms with Crippen molar-refractivity contribution in [2.24, 2.45) is 0 Å². The molecule has 1 atom stereocenters. The third kappa shape index (κ3) is 5.04. The predicted octanol–water partition coefficient (Wildman–Crippen LogP) is 4.11. The number of anilines is 1. The summed E-state index contributed by atoms with van der Waals surface area (Å²) in [5.74, 6) is -2.57. The number of amides is 1. The fraction of sp³-hybridized carbons (Fsp3) is 0.364. The van der Waals surface area contributed by atoms with Gasteiger partial charge in [-0.25, -0.2) is 0 Å². The minimum Gasteiger partial charge on any atom is -0.325 e. The van der Waals surface area contributed by atoms with Gasteiger partial charge in [0.15, 0.2) is 0 Å². The number of alkyl halides is 3. The molecule has 0 aliphatic carbocycles. The summed E-state index contributed by atoms with van der Waals surface area (Å²) in [6, 6.07) is 6.33. The largest absolute Gasteiger partial charge is 0.325 e. The lowest BCUT2D eigenvalue weighted by Gasteiger charge is -2.09. The number of carbonyl (C=O) groups is 1. The van der Waals surface area contributed by atoms with E-state index in [-0.39, 0.29) is 10.7 Å². The molecule has 1 unspecified atom stereocenters. The molecule has 0 saturated carbocycles. The first-order chi connectivity index (χ1) is 8.02. The van der Waals surface area contributed by atoms with Crippen molar-refractivity contribution in [3.8, 4) is 0 Å². The highest BCUT2D eigenvalue weighted by atomic mass is 79.9. The van der Waals surface area contributed by atoms with Crippen LogP contribution < -0.4 is 5.32 Å². The molecular weight excluding hydrogens is 312 g/mol. The van der Waals surface area contributed by atoms with E-state index >= 15 is 0 Å². The topological polar surface area (TPSA) is 29.1 Å². The molecule has 0 aromatic heterocycles. The van der Waals surface area contributed by atoms with Crippen molar-refractivity contribution in [2.45, 2.75) is 28.8 Å². The first-order valence-electron chi connectivity index (χ1n) is 5.02. The summed E-state index contributed by atoms with van der Waals surface area (Å²) in [6.07, 6.45) is 0.686. The molecule has 0 aliphatic heterocycles. The Balaban J connectivity index is 2.59. The third-order valence-corrected chi connectivity index (χ3v) is 3.78. The van der Waals surface area contributed by atoms with Crippen LogP contribution in [-0.2, 0) is 4.79 Å². The van der Waals surface area contributed by atoms with Crippen molar-refractivity contribution in [3.05, 3.63) is 24.3 Å². The molecule has 1 aromatic rings. The Bertz CT molecular complexity index is 372. The number of nitrogens with one attached hydrogen (secondary N) is 1. The lowest BCUT2D eigenvalue weighted by Crippen LogP contribution is -2.21. The molecule has 1 amide bonds. The van der Waals surface area contributed by atoms with Crippen molar-refractivity contribution in [2.75, 3.05) is 5.32 Å². The van der Waals surface area contributed by atoms with Crippen molar-refractivity contribution < 1.29 is 13.6 Å². The predicted molar refractivity (Wildman–Crippen MR) is 69.9 cm³/mol. The second-order valence-corrected chi connectivity index (χ2v) is 5.44. The molecule has 17 heavy (non-hydrogen) atoms. The number of halogens is 3. The van der Waals surface area contributed by atoms with Gasteiger partial charge >= 0.3 is 0 Å². The molecule has 0 aliphatic rings. The van der Waals surface area contributed by atoms with Gasteiger partial charge in [-0.2, -0.15) is 8.78 Å². The summed E-state index contributed by atoms with van der Waals surface area (Å²) < 4.78 is 24.1. The SMILES string of the molecule is CCC(Br)C(=O)Nc1ccc(SC(F)F)cc1. The van der Waals surface area contributed by atoms with Gasteiger partial charge < -0.3 is 5.32 Å². The summed E-state index contributed by atoms with van der Waals surface area (Å²) in [5.41, 5.74) is 0.603. The zero-order chi connectivity index (χ0) is 12.8. The Labute approximate surface area is 111 Å². The van der Waals surface area contributed by atoms with Gasteiger partial charge in [-0.05, 0) is 30.7 Å². The zero-order valence-corrected chi connectivity index (χ0v) is 11.5. The Morgan fingerprint density at radius 3 is 2.47 bits per heavy atom. The van der Waals surface area contributed by atoms with Crippen LogP contribution in [-0.4, -0.2) is 16.5 Å². The van der Waals surface area contributed by atoms with Gasteiger partial charge in [0.1, 0.15) is 0 Å². The highest BCUT2D eigenvalue weighted by Crippen LogP contribution is 2.26. The minimum atomic E-state index is -2.43. The number of benzene rings is 1. The highest BCUT2D eigenvalue weighted by molar-refractivity contribution is 9.10. The summed E-state index contributed by atoms with van der Waals surface area (Å²) in [5, 5.41) is 2.69. The Hall–Kier alpha value is -0.620. The highest BCUT2D eigenvalue weighted by Gasteiger charge is 2.12. The molecule has 1 rings (SSSR count). The monoisotopic (exact) mass is 323 g/mol. The second kappa shape index (κ2) is 6.96. The van der Waals surface area contributed by atoms with Gasteiger partial charge in [-0.3, -0.25) is 4.79 Å². The van der Waals surface area contributed by atoms with E-state index in [1.54, 1.807) is 24.3 Å². The quantitative estimate of drug-likeness (QED) is 0.652. The van der Waals surface area contributed by atoms with Gasteiger partial charge in [0.05, 0.1) is 4.83 Å². The molecule has 6 heteroatoms. The van der Waals surface area contributed by atoms with E-state index in [2.05, 4.69) is 21.2 Å². The van der Waals surface area contributed by atoms with E-state index in [1.165, 1.54) is 0 Å². The molecule has 1 N–H and O–H groups in total. The molecule has 0 bridgehead atoms. The summed E-state index contributed by atoms with van der Waals surface area (Å²) >= 11 is 3.71. The van der Waals surface area contributed by atoms with E-state index in [0.29, 0.717) is 28.8 Å². The molecule has 0 fully saturated rings. The maximum Gasteiger partial charge on any atom is 0.288 e. The van der Waals surface area contributed by atoms with Crippen LogP contribution in [0.4, 0.5) is 14.5 Å². The van der Waals surface area contributed by atoms with Gasteiger partial charge in [-0.1, -0.05) is 34.6 Å². The van der Waals surface area contributed by atoms with E-state index in [1.807, 2.05) is 6.92 Å². The first-order valence-corrected chi connectivity index (χ1v) is 6.82. The van der Waals surface area contributed by atoms with Crippen LogP contribution in [0.15, 0.2) is 29.2 Å². The standard InChI is InChI=1S/C11H12BrF2NOS/c1-2-9(12)10(16)15-7-3-5-8(6-4-7)17-11(13)14/h3-6,9,11H,2H2,1H3,(H,15,16). The molecule has 0 heterocycles. The second-order valence-electron chi connectivity index (χ2n) is 3.27. The minimum absolute atomic E-state index is 0.137. The van der Waals surface area contributed by atoms with Crippen LogP contribution in [0.1, 0.15) is 13.3 Å². The van der Waals surface area contributed by atoms with Crippen LogP contribution >= 0.6 is 27.7 Å². The number of rotatable bonds is 5. The molecular formula is C11H12BrF2NOS. The smallest absolute Gasteiger partial charge is 0.288 e. The van der Waals surface area contributed by atoms with E-state index in [9.17, 15) is 13.6 Å². The Morgan fingerprint density at radius 2 is 2.00 bits per heavy atom. The lowest BCUT2D eigenvalue weighted by atomic mass is 10.3. The normalized spacial score (nSPS) is 12.5. The van der Waals surface area contributed by atoms with Crippen LogP contribution in [0, 0.1) is 0 Å². The Morgan fingerprint density at radius 1 is 1.41 bits per heavy atom. The molecule has 94 valence electrons. The average Bonchev–Trinajstić information content (AvgIpc) is 2.30. The molecule has 0 saturated heterocycles. The maximum atomic E-state index is 12.1. The summed E-state index contributed by atoms with van der Waals surface area (Å²) in [4.78, 5) is 11.8. The average molecular weight is 324 g/mol. The molecule has 0 spiro atoms. The van der Waals surface area contributed by atoms with Crippen LogP contribution in [0.2, 0.25) is 0 Å². The van der Waals surface area contributed by atoms with Crippen molar-refractivity contribution in [1.29, 1.82) is 0 Å². The number of hydrogen-bond acceptors (Lipinski definition) is 2. The molecule has 2 nitrogen and oxygen atoms in total. The van der Waals surface area contributed by atoms with Crippen LogP contribution in [0.5, 0.6) is 0 Å². The fourth-order valence-electron chi connectivity index (χ4n) is 1.13. The number of thioether (sulfide) groups is 1. The van der Waals surface area contributed by atoms with Gasteiger partial charge in [0.2, 0.25) is 5.91 Å². The van der Waals surface area contributed by atoms with E-state index in [4.69, 9.17) is 0 Å².